The van der Waals surface area contributed by atoms with Crippen molar-refractivity contribution in [2.45, 2.75) is 83.0 Å². The van der Waals surface area contributed by atoms with Crippen LogP contribution in [0.25, 0.3) is 0 Å². The lowest BCUT2D eigenvalue weighted by molar-refractivity contribution is -0.143. The van der Waals surface area contributed by atoms with Crippen molar-refractivity contribution in [2.75, 3.05) is 6.54 Å². The fraction of sp³-hybridized carbons (Fsp3) is 0.652. The zero-order chi connectivity index (χ0) is 28.0. The van der Waals surface area contributed by atoms with Crippen molar-refractivity contribution in [1.29, 1.82) is 0 Å². The van der Waals surface area contributed by atoms with Gasteiger partial charge in [-0.1, -0.05) is 20.3 Å². The molecule has 1 rings (SSSR count). The standard InChI is InChI=1S/C23H39N7O7/c1-3-13(2)19(25)22(35)30-17(10-14-11-26-12-27-14)21(34)28-15(7-8-18(31)32)20(33)29-16(23(36)37)6-4-5-9-24/h11-13,15-17,19H,3-10,24-25H2,1-2H3,(H,26,27)(H,28,34)(H,29,33)(H,30,35)(H,31,32)(H,36,37). The Morgan fingerprint density at radius 1 is 0.973 bits per heavy atom. The van der Waals surface area contributed by atoms with E-state index in [1.54, 1.807) is 6.92 Å². The molecule has 10 N–H and O–H groups in total. The summed E-state index contributed by atoms with van der Waals surface area (Å²) in [5, 5.41) is 26.0. The van der Waals surface area contributed by atoms with Gasteiger partial charge in [-0.15, -0.1) is 0 Å². The summed E-state index contributed by atoms with van der Waals surface area (Å²) in [5.74, 6) is -4.80. The highest BCUT2D eigenvalue weighted by atomic mass is 16.4. The molecular weight excluding hydrogens is 486 g/mol. The first-order chi connectivity index (χ1) is 17.5. The summed E-state index contributed by atoms with van der Waals surface area (Å²) in [6.45, 7) is 4.03. The maximum absolute atomic E-state index is 13.2. The number of rotatable bonds is 18. The average Bonchev–Trinajstić information content (AvgIpc) is 3.37. The molecule has 0 spiro atoms. The summed E-state index contributed by atoms with van der Waals surface area (Å²) in [6.07, 6.45) is 3.88. The second-order valence-electron chi connectivity index (χ2n) is 8.93. The van der Waals surface area contributed by atoms with E-state index in [4.69, 9.17) is 16.6 Å². The molecule has 5 unspecified atom stereocenters. The van der Waals surface area contributed by atoms with Crippen LogP contribution in [0.15, 0.2) is 12.5 Å². The number of carbonyl (C=O) groups is 5. The maximum atomic E-state index is 13.2. The number of carboxylic acid groups (broad SMARTS) is 2. The van der Waals surface area contributed by atoms with Crippen LogP contribution in [0.3, 0.4) is 0 Å². The van der Waals surface area contributed by atoms with Gasteiger partial charge in [-0.05, 0) is 38.1 Å². The first-order valence-electron chi connectivity index (χ1n) is 12.3. The van der Waals surface area contributed by atoms with E-state index < -0.39 is 60.2 Å². The largest absolute Gasteiger partial charge is 0.481 e. The van der Waals surface area contributed by atoms with Crippen molar-refractivity contribution >= 4 is 29.7 Å². The van der Waals surface area contributed by atoms with Gasteiger partial charge in [-0.25, -0.2) is 9.78 Å². The Labute approximate surface area is 215 Å². The second-order valence-corrected chi connectivity index (χ2v) is 8.93. The molecule has 1 aromatic heterocycles. The quantitative estimate of drug-likeness (QED) is 0.107. The highest BCUT2D eigenvalue weighted by Gasteiger charge is 2.31. The molecule has 0 aliphatic carbocycles. The minimum atomic E-state index is -1.36. The van der Waals surface area contributed by atoms with Gasteiger partial charge >= 0.3 is 11.9 Å². The van der Waals surface area contributed by atoms with Crippen LogP contribution in [0.5, 0.6) is 0 Å². The van der Waals surface area contributed by atoms with E-state index in [0.29, 0.717) is 31.5 Å². The Balaban J connectivity index is 3.07. The van der Waals surface area contributed by atoms with Crippen LogP contribution in [0.1, 0.15) is 58.1 Å². The second kappa shape index (κ2) is 16.3. The number of nitrogens with two attached hydrogens (primary N) is 2. The Morgan fingerprint density at radius 2 is 1.59 bits per heavy atom. The fourth-order valence-corrected chi connectivity index (χ4v) is 3.44. The number of nitrogens with one attached hydrogen (secondary N) is 4. The maximum Gasteiger partial charge on any atom is 0.326 e. The van der Waals surface area contributed by atoms with Crippen molar-refractivity contribution in [3.05, 3.63) is 18.2 Å². The molecule has 1 heterocycles. The first kappa shape index (κ1) is 31.5. The molecule has 208 valence electrons. The van der Waals surface area contributed by atoms with Crippen molar-refractivity contribution < 1.29 is 34.2 Å². The van der Waals surface area contributed by atoms with Gasteiger partial charge in [0.1, 0.15) is 18.1 Å². The van der Waals surface area contributed by atoms with Gasteiger partial charge in [-0.3, -0.25) is 19.2 Å². The zero-order valence-electron chi connectivity index (χ0n) is 21.2. The molecule has 14 nitrogen and oxygen atoms in total. The smallest absolute Gasteiger partial charge is 0.326 e. The number of imidazole rings is 1. The molecule has 0 aliphatic heterocycles. The third-order valence-electron chi connectivity index (χ3n) is 6.01. The van der Waals surface area contributed by atoms with Crippen LogP contribution in [-0.4, -0.2) is 80.6 Å². The van der Waals surface area contributed by atoms with Gasteiger partial charge in [0.05, 0.1) is 12.4 Å². The summed E-state index contributed by atoms with van der Waals surface area (Å²) in [5.41, 5.74) is 12.0. The predicted octanol–water partition coefficient (Wildman–Crippen LogP) is -1.14. The number of carbonyl (C=O) groups excluding carboxylic acids is 3. The number of carboxylic acids is 2. The van der Waals surface area contributed by atoms with E-state index in [0.717, 1.165) is 0 Å². The molecule has 0 saturated heterocycles. The van der Waals surface area contributed by atoms with E-state index in [1.807, 2.05) is 6.92 Å². The molecule has 3 amide bonds. The van der Waals surface area contributed by atoms with Gasteiger partial charge in [0.2, 0.25) is 17.7 Å². The Kier molecular flexibility index (Phi) is 13.9. The number of hydrogen-bond acceptors (Lipinski definition) is 8. The molecule has 0 bridgehead atoms. The summed E-state index contributed by atoms with van der Waals surface area (Å²) in [6, 6.07) is -4.64. The number of amides is 3. The SMILES string of the molecule is CCC(C)C(N)C(=O)NC(Cc1cnc[nH]1)C(=O)NC(CCC(=O)O)C(=O)NC(CCCCN)C(=O)O. The van der Waals surface area contributed by atoms with E-state index in [9.17, 15) is 29.1 Å². The molecule has 1 aromatic rings. The molecule has 0 aromatic carbocycles. The van der Waals surface area contributed by atoms with Crippen LogP contribution in [0.2, 0.25) is 0 Å². The number of nitrogens with zero attached hydrogens (tertiary/aromatic N) is 1. The van der Waals surface area contributed by atoms with Gasteiger partial charge in [-0.2, -0.15) is 0 Å². The Bertz CT molecular complexity index is 894. The zero-order valence-corrected chi connectivity index (χ0v) is 21.2. The minimum absolute atomic E-state index is 0.00505. The third kappa shape index (κ3) is 11.4. The summed E-state index contributed by atoms with van der Waals surface area (Å²) >= 11 is 0. The molecule has 0 aliphatic rings. The van der Waals surface area contributed by atoms with Gasteiger partial charge in [0.15, 0.2) is 0 Å². The van der Waals surface area contributed by atoms with E-state index in [1.165, 1.54) is 12.5 Å². The third-order valence-corrected chi connectivity index (χ3v) is 6.01. The van der Waals surface area contributed by atoms with Gasteiger partial charge in [0.25, 0.3) is 0 Å². The summed E-state index contributed by atoms with van der Waals surface area (Å²) < 4.78 is 0. The molecule has 37 heavy (non-hydrogen) atoms. The van der Waals surface area contributed by atoms with Crippen LogP contribution < -0.4 is 27.4 Å². The Morgan fingerprint density at radius 3 is 2.14 bits per heavy atom. The van der Waals surface area contributed by atoms with Crippen LogP contribution in [0, 0.1) is 5.92 Å². The monoisotopic (exact) mass is 525 g/mol. The van der Waals surface area contributed by atoms with Crippen molar-refractivity contribution in [3.63, 3.8) is 0 Å². The summed E-state index contributed by atoms with van der Waals surface area (Å²) in [4.78, 5) is 68.3. The van der Waals surface area contributed by atoms with Crippen molar-refractivity contribution in [1.82, 2.24) is 25.9 Å². The predicted molar refractivity (Wildman–Crippen MR) is 133 cm³/mol. The Hall–Kier alpha value is -3.52. The highest BCUT2D eigenvalue weighted by molar-refractivity contribution is 5.94. The molecule has 0 radical (unpaired) electrons. The molecule has 5 atom stereocenters. The minimum Gasteiger partial charge on any atom is -0.481 e. The van der Waals surface area contributed by atoms with E-state index in [2.05, 4.69) is 25.9 Å². The van der Waals surface area contributed by atoms with Gasteiger partial charge in [0, 0.05) is 24.7 Å². The van der Waals surface area contributed by atoms with Crippen molar-refractivity contribution in [2.24, 2.45) is 17.4 Å². The van der Waals surface area contributed by atoms with Crippen molar-refractivity contribution in [3.8, 4) is 0 Å². The van der Waals surface area contributed by atoms with Crippen LogP contribution in [-0.2, 0) is 30.4 Å². The van der Waals surface area contributed by atoms with Gasteiger partial charge < -0.3 is 42.6 Å². The van der Waals surface area contributed by atoms with E-state index in [-0.39, 0.29) is 25.2 Å². The lowest BCUT2D eigenvalue weighted by atomic mass is 9.98. The molecule has 0 saturated carbocycles. The lowest BCUT2D eigenvalue weighted by Crippen LogP contribution is -2.58. The molecule has 0 fully saturated rings. The topological polar surface area (TPSA) is 243 Å². The number of unbranched alkanes of at least 4 members (excludes halogenated alkanes) is 1. The molecule has 14 heteroatoms. The lowest BCUT2D eigenvalue weighted by Gasteiger charge is -2.26. The van der Waals surface area contributed by atoms with Crippen LogP contribution in [0.4, 0.5) is 0 Å². The summed E-state index contributed by atoms with van der Waals surface area (Å²) in [7, 11) is 0. The normalized spacial score (nSPS) is 15.0. The van der Waals surface area contributed by atoms with E-state index >= 15 is 0 Å². The number of hydrogen-bond donors (Lipinski definition) is 8. The average molecular weight is 526 g/mol. The number of H-pyrrole nitrogens is 1. The number of aliphatic carboxylic acids is 2. The number of aromatic nitrogens is 2. The first-order valence-corrected chi connectivity index (χ1v) is 12.3. The van der Waals surface area contributed by atoms with Crippen LogP contribution >= 0.6 is 0 Å². The highest BCUT2D eigenvalue weighted by Crippen LogP contribution is 2.08. The molecular formula is C23H39N7O7. The number of aromatic amines is 1. The fourth-order valence-electron chi connectivity index (χ4n) is 3.44.